The van der Waals surface area contributed by atoms with Crippen LogP contribution in [0.25, 0.3) is 0 Å². The van der Waals surface area contributed by atoms with Gasteiger partial charge in [0.2, 0.25) is 5.91 Å². The lowest BCUT2D eigenvalue weighted by Crippen LogP contribution is -2.30. The van der Waals surface area contributed by atoms with Crippen LogP contribution in [0.3, 0.4) is 0 Å². The van der Waals surface area contributed by atoms with Crippen molar-refractivity contribution in [2.75, 3.05) is 7.11 Å². The molecule has 144 valence electrons. The second kappa shape index (κ2) is 13.1. The smallest absolute Gasteiger partial charge is 0.303 e. The number of rotatable bonds is 9. The van der Waals surface area contributed by atoms with E-state index in [9.17, 15) is 9.59 Å². The molecule has 0 aliphatic heterocycles. The highest BCUT2D eigenvalue weighted by Gasteiger charge is 2.17. The summed E-state index contributed by atoms with van der Waals surface area (Å²) in [5, 5.41) is 26.6. The summed E-state index contributed by atoms with van der Waals surface area (Å²) in [6.07, 6.45) is 2.49. The Morgan fingerprint density at radius 2 is 1.81 bits per heavy atom. The number of carboxylic acid groups (broad SMARTS) is 1. The van der Waals surface area contributed by atoms with Crippen LogP contribution in [0.4, 0.5) is 0 Å². The van der Waals surface area contributed by atoms with E-state index in [1.807, 2.05) is 38.1 Å². The van der Waals surface area contributed by atoms with Gasteiger partial charge < -0.3 is 20.9 Å². The fourth-order valence-corrected chi connectivity index (χ4v) is 2.29. The first-order valence-electron chi connectivity index (χ1n) is 8.29. The van der Waals surface area contributed by atoms with Gasteiger partial charge in [-0.05, 0) is 25.8 Å². The molecular formula is C19H28N2O4S. The predicted octanol–water partition coefficient (Wildman–Crippen LogP) is 3.26. The first-order chi connectivity index (χ1) is 12.3. The molecule has 1 aromatic carbocycles. The van der Waals surface area contributed by atoms with Crippen molar-refractivity contribution < 1.29 is 19.8 Å². The van der Waals surface area contributed by atoms with E-state index in [1.165, 1.54) is 0 Å². The summed E-state index contributed by atoms with van der Waals surface area (Å²) >= 11 is 4.26. The summed E-state index contributed by atoms with van der Waals surface area (Å²) < 4.78 is 0. The largest absolute Gasteiger partial charge is 0.481 e. The van der Waals surface area contributed by atoms with Crippen molar-refractivity contribution >= 4 is 30.2 Å². The highest BCUT2D eigenvalue weighted by Crippen LogP contribution is 2.21. The maximum absolute atomic E-state index is 12.1. The van der Waals surface area contributed by atoms with Crippen molar-refractivity contribution in [1.82, 2.24) is 5.32 Å². The second-order valence-electron chi connectivity index (χ2n) is 5.63. The molecule has 1 unspecified atom stereocenters. The van der Waals surface area contributed by atoms with Gasteiger partial charge in [0.15, 0.2) is 0 Å². The van der Waals surface area contributed by atoms with E-state index in [4.69, 9.17) is 15.6 Å². The molecule has 1 amide bonds. The van der Waals surface area contributed by atoms with Crippen molar-refractivity contribution in [3.63, 3.8) is 0 Å². The number of aryl methyl sites for hydroxylation is 1. The van der Waals surface area contributed by atoms with Crippen molar-refractivity contribution in [3.8, 4) is 0 Å². The summed E-state index contributed by atoms with van der Waals surface area (Å²) in [7, 11) is 1.00. The van der Waals surface area contributed by atoms with Crippen LogP contribution in [0.5, 0.6) is 0 Å². The molecule has 0 aromatic heterocycles. The van der Waals surface area contributed by atoms with E-state index in [0.29, 0.717) is 23.5 Å². The lowest BCUT2D eigenvalue weighted by atomic mass is 9.99. The van der Waals surface area contributed by atoms with Crippen molar-refractivity contribution in [1.29, 1.82) is 5.41 Å². The number of hydrogen-bond acceptors (Lipinski definition) is 5. The number of carboxylic acids is 1. The van der Waals surface area contributed by atoms with Gasteiger partial charge in [0.25, 0.3) is 0 Å². The minimum absolute atomic E-state index is 0.0300. The van der Waals surface area contributed by atoms with E-state index in [-0.39, 0.29) is 24.8 Å². The molecule has 0 fully saturated rings. The number of amides is 1. The van der Waals surface area contributed by atoms with Crippen LogP contribution in [-0.2, 0) is 9.59 Å². The van der Waals surface area contributed by atoms with Crippen LogP contribution in [0.2, 0.25) is 0 Å². The second-order valence-corrected chi connectivity index (χ2v) is 6.12. The number of benzene rings is 1. The molecule has 0 aliphatic rings. The molecule has 0 heterocycles. The van der Waals surface area contributed by atoms with E-state index in [2.05, 4.69) is 17.9 Å². The molecule has 26 heavy (non-hydrogen) atoms. The van der Waals surface area contributed by atoms with Crippen LogP contribution < -0.4 is 5.32 Å². The highest BCUT2D eigenvalue weighted by atomic mass is 32.1. The maximum Gasteiger partial charge on any atom is 0.303 e. The molecule has 4 N–H and O–H groups in total. The van der Waals surface area contributed by atoms with Gasteiger partial charge in [0.05, 0.1) is 6.04 Å². The third kappa shape index (κ3) is 9.39. The zero-order valence-electron chi connectivity index (χ0n) is 15.5. The Kier molecular flexibility index (Phi) is 12.1. The normalized spacial score (nSPS) is 11.8. The van der Waals surface area contributed by atoms with Gasteiger partial charge in [0, 0.05) is 37.0 Å². The molecule has 0 bridgehead atoms. The van der Waals surface area contributed by atoms with Crippen molar-refractivity contribution in [2.45, 2.75) is 45.6 Å². The third-order valence-corrected chi connectivity index (χ3v) is 4.13. The monoisotopic (exact) mass is 380 g/mol. The summed E-state index contributed by atoms with van der Waals surface area (Å²) in [5.74, 6) is -1.12. The first-order valence-corrected chi connectivity index (χ1v) is 8.73. The van der Waals surface area contributed by atoms with Gasteiger partial charge in [-0.2, -0.15) is 0 Å². The zero-order chi connectivity index (χ0) is 20.1. The average molecular weight is 381 g/mol. The molecule has 7 heteroatoms. The van der Waals surface area contributed by atoms with E-state index in [1.54, 1.807) is 6.08 Å². The van der Waals surface area contributed by atoms with E-state index in [0.717, 1.165) is 18.2 Å². The SMILES string of the molecule is C/C=C(\S)C(=N)CC(NC(=O)CCCC(=O)O)c1ccc(C)cc1.CO. The molecule has 1 atom stereocenters. The molecule has 0 radical (unpaired) electrons. The quantitative estimate of drug-likeness (QED) is 0.334. The fraction of sp³-hybridized carbons (Fsp3) is 0.421. The van der Waals surface area contributed by atoms with E-state index >= 15 is 0 Å². The minimum Gasteiger partial charge on any atom is -0.481 e. The minimum atomic E-state index is -0.910. The standard InChI is InChI=1S/C18H24N2O3S.CH4O/c1-3-16(24)14(19)11-15(13-9-7-12(2)8-10-13)20-17(21)5-4-6-18(22)23;1-2/h3,7-10,15,19,24H,4-6,11H2,1-2H3,(H,20,21)(H,22,23);2H,1H3/b16-3-,19-14?;. The van der Waals surface area contributed by atoms with Crippen LogP contribution in [-0.4, -0.2) is 34.9 Å². The van der Waals surface area contributed by atoms with Crippen LogP contribution >= 0.6 is 12.6 Å². The Hall–Kier alpha value is -2.12. The Labute approximate surface area is 160 Å². The number of aliphatic hydroxyl groups excluding tert-OH is 1. The number of allylic oxidation sites excluding steroid dienone is 2. The number of thiol groups is 1. The van der Waals surface area contributed by atoms with E-state index < -0.39 is 5.97 Å². The lowest BCUT2D eigenvalue weighted by Gasteiger charge is -2.20. The third-order valence-electron chi connectivity index (χ3n) is 3.60. The van der Waals surface area contributed by atoms with Gasteiger partial charge in [-0.3, -0.25) is 9.59 Å². The van der Waals surface area contributed by atoms with Gasteiger partial charge in [-0.1, -0.05) is 35.9 Å². The Morgan fingerprint density at radius 3 is 2.31 bits per heavy atom. The number of aliphatic carboxylic acids is 1. The Bertz CT molecular complexity index is 627. The molecular weight excluding hydrogens is 352 g/mol. The summed E-state index contributed by atoms with van der Waals surface area (Å²) in [6.45, 7) is 3.79. The zero-order valence-corrected chi connectivity index (χ0v) is 16.3. The lowest BCUT2D eigenvalue weighted by molar-refractivity contribution is -0.137. The molecule has 0 aliphatic carbocycles. The molecule has 6 nitrogen and oxygen atoms in total. The topological polar surface area (TPSA) is 110 Å². The molecule has 1 aromatic rings. The molecule has 0 saturated heterocycles. The summed E-state index contributed by atoms with van der Waals surface area (Å²) in [6, 6.07) is 7.44. The van der Waals surface area contributed by atoms with Crippen molar-refractivity contribution in [3.05, 3.63) is 46.4 Å². The van der Waals surface area contributed by atoms with Crippen LogP contribution in [0.1, 0.15) is 49.8 Å². The van der Waals surface area contributed by atoms with Gasteiger partial charge in [0.1, 0.15) is 0 Å². The predicted molar refractivity (Wildman–Crippen MR) is 107 cm³/mol. The molecule has 1 rings (SSSR count). The number of carbonyl (C=O) groups excluding carboxylic acids is 1. The van der Waals surface area contributed by atoms with Crippen LogP contribution in [0.15, 0.2) is 35.2 Å². The number of hydrogen-bond donors (Lipinski definition) is 5. The first kappa shape index (κ1) is 23.9. The van der Waals surface area contributed by atoms with Gasteiger partial charge in [-0.15, -0.1) is 12.6 Å². The summed E-state index contributed by atoms with van der Waals surface area (Å²) in [5.41, 5.74) is 2.37. The average Bonchev–Trinajstić information content (AvgIpc) is 2.62. The number of aliphatic hydroxyl groups is 1. The Balaban J connectivity index is 0.00000301. The highest BCUT2D eigenvalue weighted by molar-refractivity contribution is 7.85. The van der Waals surface area contributed by atoms with Crippen molar-refractivity contribution in [2.24, 2.45) is 0 Å². The Morgan fingerprint density at radius 1 is 1.23 bits per heavy atom. The number of carbonyl (C=O) groups is 2. The van der Waals surface area contributed by atoms with Gasteiger partial charge >= 0.3 is 5.97 Å². The fourth-order valence-electron chi connectivity index (χ4n) is 2.20. The summed E-state index contributed by atoms with van der Waals surface area (Å²) in [4.78, 5) is 23.2. The van der Waals surface area contributed by atoms with Gasteiger partial charge in [-0.25, -0.2) is 0 Å². The molecule has 0 saturated carbocycles. The maximum atomic E-state index is 12.1. The number of nitrogens with one attached hydrogen (secondary N) is 2. The van der Waals surface area contributed by atoms with Crippen LogP contribution in [0, 0.1) is 12.3 Å². The molecule has 0 spiro atoms.